The molecule has 0 aromatic heterocycles. The van der Waals surface area contributed by atoms with Crippen LogP contribution in [0, 0.1) is 0 Å². The van der Waals surface area contributed by atoms with E-state index < -0.39 is 20.0 Å². The van der Waals surface area contributed by atoms with E-state index in [4.69, 9.17) is 12.3 Å². The van der Waals surface area contributed by atoms with Crippen molar-refractivity contribution in [1.82, 2.24) is 9.80 Å². The Morgan fingerprint density at radius 1 is 0.684 bits per heavy atom. The zero-order chi connectivity index (χ0) is 13.6. The summed E-state index contributed by atoms with van der Waals surface area (Å²) in [5, 5.41) is 0. The Labute approximate surface area is 122 Å². The van der Waals surface area contributed by atoms with Crippen LogP contribution in [0.4, 0.5) is 0 Å². The van der Waals surface area contributed by atoms with E-state index in [1.165, 1.54) is 0 Å². The van der Waals surface area contributed by atoms with E-state index in [0.717, 1.165) is 39.3 Å². The molecule has 2 heterocycles. The molecule has 6 nitrogen and oxygen atoms in total. The van der Waals surface area contributed by atoms with Gasteiger partial charge in [0.05, 0.1) is 0 Å². The Bertz CT molecular complexity index is 221. The Morgan fingerprint density at radius 3 is 1.26 bits per heavy atom. The quantitative estimate of drug-likeness (QED) is 0.636. The van der Waals surface area contributed by atoms with Gasteiger partial charge in [-0.2, -0.15) is 0 Å². The van der Waals surface area contributed by atoms with E-state index in [1.54, 1.807) is 0 Å². The Morgan fingerprint density at radius 2 is 1.00 bits per heavy atom. The van der Waals surface area contributed by atoms with Crippen LogP contribution >= 0.6 is 0 Å². The summed E-state index contributed by atoms with van der Waals surface area (Å²) in [6.45, 7) is 12.7. The summed E-state index contributed by atoms with van der Waals surface area (Å²) in [5.41, 5.74) is 0. The van der Waals surface area contributed by atoms with Crippen LogP contribution in [0.15, 0.2) is 0 Å². The molecule has 0 aromatic carbocycles. The zero-order valence-electron chi connectivity index (χ0n) is 12.1. The number of hydrogen-bond donors (Lipinski definition) is 0. The fourth-order valence-corrected chi connectivity index (χ4v) is 7.63. The van der Waals surface area contributed by atoms with Gasteiger partial charge >= 0.3 is 122 Å². The van der Waals surface area contributed by atoms with E-state index in [9.17, 15) is 0 Å². The minimum atomic E-state index is -3.69. The van der Waals surface area contributed by atoms with Crippen molar-refractivity contribution in [2.24, 2.45) is 0 Å². The molecule has 1 spiro atoms. The molecule has 0 bridgehead atoms. The summed E-state index contributed by atoms with van der Waals surface area (Å²) in [4.78, 5) is 4.64. The third kappa shape index (κ3) is 4.80. The molecule has 0 atom stereocenters. The van der Waals surface area contributed by atoms with Gasteiger partial charge in [0.25, 0.3) is 0 Å². The van der Waals surface area contributed by atoms with E-state index in [0.29, 0.717) is 26.4 Å². The molecular formula is C12H26N2O4Sn. The number of hydrogen-bond acceptors (Lipinski definition) is 6. The predicted octanol–water partition coefficient (Wildman–Crippen LogP) is 0.159. The van der Waals surface area contributed by atoms with Crippen LogP contribution in [0.3, 0.4) is 0 Å². The van der Waals surface area contributed by atoms with Gasteiger partial charge in [-0.25, -0.2) is 0 Å². The van der Waals surface area contributed by atoms with Crippen molar-refractivity contribution >= 4 is 20.0 Å². The maximum absolute atomic E-state index is 5.93. The van der Waals surface area contributed by atoms with E-state index in [-0.39, 0.29) is 0 Å². The number of rotatable bonds is 2. The molecule has 112 valence electrons. The van der Waals surface area contributed by atoms with Crippen LogP contribution in [0.5, 0.6) is 0 Å². The Kier molecular flexibility index (Phi) is 6.80. The van der Waals surface area contributed by atoms with Gasteiger partial charge in [0.1, 0.15) is 0 Å². The van der Waals surface area contributed by atoms with Crippen molar-refractivity contribution < 1.29 is 12.3 Å². The summed E-state index contributed by atoms with van der Waals surface area (Å²) < 4.78 is 23.7. The normalized spacial score (nSPS) is 27.5. The molecule has 0 saturated carbocycles. The Balaban J connectivity index is 1.87. The van der Waals surface area contributed by atoms with Crippen LogP contribution in [-0.2, 0) is 12.3 Å². The molecule has 2 aliphatic rings. The minimum absolute atomic E-state index is 0.654. The van der Waals surface area contributed by atoms with Crippen molar-refractivity contribution in [3.8, 4) is 0 Å². The second-order valence-electron chi connectivity index (χ2n) is 4.76. The summed E-state index contributed by atoms with van der Waals surface area (Å²) in [5.74, 6) is 0. The van der Waals surface area contributed by atoms with Crippen LogP contribution in [0.25, 0.3) is 0 Å². The average Bonchev–Trinajstić information content (AvgIpc) is 2.37. The molecule has 0 N–H and O–H groups in total. The van der Waals surface area contributed by atoms with Crippen LogP contribution in [0.2, 0.25) is 0 Å². The SMILES string of the molecule is CCN1CC[O][Sn]2([O]CC1)[O]CCN(CC)CC[O]2. The maximum atomic E-state index is 5.93. The van der Waals surface area contributed by atoms with Crippen LogP contribution < -0.4 is 0 Å². The fraction of sp³-hybridized carbons (Fsp3) is 1.00. The molecule has 0 amide bonds. The van der Waals surface area contributed by atoms with Gasteiger partial charge in [0.2, 0.25) is 0 Å². The van der Waals surface area contributed by atoms with Crippen LogP contribution in [0.1, 0.15) is 13.8 Å². The van der Waals surface area contributed by atoms with Gasteiger partial charge < -0.3 is 0 Å². The van der Waals surface area contributed by atoms with Crippen molar-refractivity contribution in [3.05, 3.63) is 0 Å². The van der Waals surface area contributed by atoms with Crippen LogP contribution in [-0.4, -0.2) is 95.5 Å². The molecule has 7 heteroatoms. The van der Waals surface area contributed by atoms with Crippen molar-refractivity contribution in [1.29, 1.82) is 0 Å². The standard InChI is InChI=1S/2C6H13NO2.Sn/c2*1-2-7(3-5-8)4-6-9;/h2*2-6H2,1H3;/q2*-2;+4. The van der Waals surface area contributed by atoms with E-state index in [1.807, 2.05) is 0 Å². The second-order valence-corrected chi connectivity index (χ2v) is 10.9. The van der Waals surface area contributed by atoms with Gasteiger partial charge in [-0.05, 0) is 0 Å². The predicted molar refractivity (Wildman–Crippen MR) is 73.8 cm³/mol. The molecule has 2 saturated heterocycles. The van der Waals surface area contributed by atoms with Gasteiger partial charge in [0.15, 0.2) is 0 Å². The monoisotopic (exact) mass is 382 g/mol. The first-order valence-corrected chi connectivity index (χ1v) is 11.9. The summed E-state index contributed by atoms with van der Waals surface area (Å²) in [7, 11) is 0. The molecule has 2 fully saturated rings. The average molecular weight is 381 g/mol. The van der Waals surface area contributed by atoms with Gasteiger partial charge in [-0.15, -0.1) is 0 Å². The van der Waals surface area contributed by atoms with Crippen molar-refractivity contribution in [3.63, 3.8) is 0 Å². The molecule has 0 unspecified atom stereocenters. The third-order valence-electron chi connectivity index (χ3n) is 3.64. The van der Waals surface area contributed by atoms with Crippen molar-refractivity contribution in [2.45, 2.75) is 13.8 Å². The molecular weight excluding hydrogens is 355 g/mol. The first kappa shape index (κ1) is 15.9. The molecule has 19 heavy (non-hydrogen) atoms. The topological polar surface area (TPSA) is 43.4 Å². The second kappa shape index (κ2) is 8.11. The van der Waals surface area contributed by atoms with Gasteiger partial charge in [0, 0.05) is 0 Å². The summed E-state index contributed by atoms with van der Waals surface area (Å²) in [6.07, 6.45) is 0. The molecule has 2 rings (SSSR count). The van der Waals surface area contributed by atoms with Gasteiger partial charge in [-0.1, -0.05) is 0 Å². The number of nitrogens with zero attached hydrogens (tertiary/aromatic N) is 2. The van der Waals surface area contributed by atoms with Crippen molar-refractivity contribution in [2.75, 3.05) is 65.7 Å². The molecule has 0 radical (unpaired) electrons. The Hall–Kier alpha value is 0.559. The molecule has 2 aliphatic heterocycles. The summed E-state index contributed by atoms with van der Waals surface area (Å²) in [6, 6.07) is 0. The van der Waals surface area contributed by atoms with E-state index >= 15 is 0 Å². The van der Waals surface area contributed by atoms with E-state index in [2.05, 4.69) is 23.6 Å². The first-order valence-electron chi connectivity index (χ1n) is 7.28. The molecule has 0 aliphatic carbocycles. The summed E-state index contributed by atoms with van der Waals surface area (Å²) >= 11 is -3.69. The molecule has 0 aromatic rings. The third-order valence-corrected chi connectivity index (χ3v) is 10.0. The first-order chi connectivity index (χ1) is 9.28. The fourth-order valence-electron chi connectivity index (χ4n) is 2.31. The number of likely N-dealkylation sites (N-methyl/N-ethyl adjacent to an activating group) is 2. The van der Waals surface area contributed by atoms with Gasteiger partial charge in [-0.3, -0.25) is 0 Å². The zero-order valence-corrected chi connectivity index (χ0v) is 15.0.